The number of aromatic nitrogens is 3. The van der Waals surface area contributed by atoms with E-state index in [4.69, 9.17) is 25.8 Å². The van der Waals surface area contributed by atoms with Crippen LogP contribution in [-0.2, 0) is 22.6 Å². The topological polar surface area (TPSA) is 96.6 Å². The number of benzene rings is 1. The normalized spacial score (nSPS) is 16.6. The first-order valence-electron chi connectivity index (χ1n) is 13.5. The lowest BCUT2D eigenvalue weighted by atomic mass is 10.2. The summed E-state index contributed by atoms with van der Waals surface area (Å²) in [6.07, 6.45) is 10.0. The monoisotopic (exact) mass is 576 g/mol. The van der Waals surface area contributed by atoms with Crippen LogP contribution < -0.4 is 21.4 Å². The van der Waals surface area contributed by atoms with Gasteiger partial charge in [-0.15, -0.1) is 0 Å². The molecule has 2 aromatic rings. The fourth-order valence-electron chi connectivity index (χ4n) is 4.08. The molecule has 1 atom stereocenters. The molecule has 1 aromatic heterocycles. The van der Waals surface area contributed by atoms with E-state index in [0.717, 1.165) is 29.4 Å². The van der Waals surface area contributed by atoms with Crippen LogP contribution in [0.2, 0.25) is 0 Å². The molecule has 218 valence electrons. The Balaban J connectivity index is 1.92. The van der Waals surface area contributed by atoms with Crippen molar-refractivity contribution in [3.8, 4) is 5.75 Å². The molecule has 1 saturated heterocycles. The molecule has 0 amide bonds. The Morgan fingerprint density at radius 1 is 1.27 bits per heavy atom. The van der Waals surface area contributed by atoms with Gasteiger partial charge in [0.1, 0.15) is 0 Å². The second-order valence-electron chi connectivity index (χ2n) is 9.69. The minimum absolute atomic E-state index is 0.0167. The van der Waals surface area contributed by atoms with E-state index in [2.05, 4.69) is 10.3 Å². The molecule has 1 fully saturated rings. The van der Waals surface area contributed by atoms with Gasteiger partial charge < -0.3 is 19.5 Å². The van der Waals surface area contributed by atoms with E-state index in [1.165, 1.54) is 16.7 Å². The highest BCUT2D eigenvalue weighted by Crippen LogP contribution is 2.24. The van der Waals surface area contributed by atoms with Gasteiger partial charge in [0.25, 0.3) is 0 Å². The number of allylic oxidation sites excluding steroid dienone is 6. The first kappa shape index (κ1) is 31.3. The molecule has 2 heterocycles. The Bertz CT molecular complexity index is 1340. The van der Waals surface area contributed by atoms with Crippen LogP contribution in [0.4, 0.5) is 16.0 Å². The molecule has 1 aromatic carbocycles. The first-order chi connectivity index (χ1) is 19.2. The predicted molar refractivity (Wildman–Crippen MR) is 155 cm³/mol. The minimum Gasteiger partial charge on any atom is -0.488 e. The molecule has 40 heavy (non-hydrogen) atoms. The average molecular weight is 577 g/mol. The molecule has 1 aliphatic heterocycles. The number of anilines is 2. The average Bonchev–Trinajstić information content (AvgIpc) is 2.90. The highest BCUT2D eigenvalue weighted by atomic mass is 35.5. The molecule has 1 N–H and O–H groups in total. The van der Waals surface area contributed by atoms with Gasteiger partial charge in [-0.2, -0.15) is 4.98 Å². The minimum atomic E-state index is -0.717. The Kier molecular flexibility index (Phi) is 12.2. The number of halogens is 2. The quantitative estimate of drug-likeness (QED) is 0.243. The van der Waals surface area contributed by atoms with Crippen LogP contribution in [0.25, 0.3) is 0 Å². The Labute approximate surface area is 238 Å². The predicted octanol–water partition coefficient (Wildman–Crippen LogP) is 5.65. The highest BCUT2D eigenvalue weighted by molar-refractivity contribution is 6.29. The van der Waals surface area contributed by atoms with Crippen LogP contribution in [0.3, 0.4) is 0 Å². The van der Waals surface area contributed by atoms with Crippen LogP contribution in [0.1, 0.15) is 53.4 Å². The zero-order valence-electron chi connectivity index (χ0n) is 23.5. The van der Waals surface area contributed by atoms with Crippen LogP contribution in [0.15, 0.2) is 62.7 Å². The maximum absolute atomic E-state index is 14.7. The zero-order valence-corrected chi connectivity index (χ0v) is 24.2. The van der Waals surface area contributed by atoms with Gasteiger partial charge in [-0.3, -0.25) is 4.57 Å². The molecule has 3 rings (SSSR count). The summed E-state index contributed by atoms with van der Waals surface area (Å²) in [7, 11) is 0. The molecular weight excluding hydrogens is 539 g/mol. The summed E-state index contributed by atoms with van der Waals surface area (Å²) in [5.41, 5.74) is -0.228. The van der Waals surface area contributed by atoms with Gasteiger partial charge in [-0.1, -0.05) is 29.8 Å². The standard InChI is InChI=1S/C29H38ClFN4O5/c1-5-9-22(12-11-21(4)30)19-35-27(32-23-13-14-25(24(31)18-23)40-20(2)3)33-28(36)34(29(35)37)15-8-17-39-26-10-6-7-16-38-26/h5,9,11-14,18,20,26H,6-8,10,15-17,19H2,1-4H3,(H,32,33,36)/b9-5-,21-11+,22-12+. The van der Waals surface area contributed by atoms with Crippen molar-refractivity contribution in [2.75, 3.05) is 18.5 Å². The number of hydrogen-bond donors (Lipinski definition) is 1. The van der Waals surface area contributed by atoms with Crippen molar-refractivity contribution in [3.05, 3.63) is 79.9 Å². The molecular formula is C29H38ClFN4O5. The summed E-state index contributed by atoms with van der Waals surface area (Å²) in [5.74, 6) is -0.499. The molecule has 11 heteroatoms. The number of hydrogen-bond acceptors (Lipinski definition) is 7. The van der Waals surface area contributed by atoms with Gasteiger partial charge in [0.15, 0.2) is 17.9 Å². The molecule has 0 aliphatic carbocycles. The van der Waals surface area contributed by atoms with Crippen molar-refractivity contribution in [3.63, 3.8) is 0 Å². The third-order valence-electron chi connectivity index (χ3n) is 5.92. The van der Waals surface area contributed by atoms with Gasteiger partial charge in [-0.05, 0) is 77.2 Å². The first-order valence-corrected chi connectivity index (χ1v) is 13.9. The van der Waals surface area contributed by atoms with Crippen LogP contribution in [0.5, 0.6) is 5.75 Å². The fourth-order valence-corrected chi connectivity index (χ4v) is 4.14. The van der Waals surface area contributed by atoms with Crippen molar-refractivity contribution < 1.29 is 18.6 Å². The number of ether oxygens (including phenoxy) is 3. The summed E-state index contributed by atoms with van der Waals surface area (Å²) >= 11 is 6.01. The third kappa shape index (κ3) is 9.46. The van der Waals surface area contributed by atoms with Crippen molar-refractivity contribution in [1.82, 2.24) is 14.1 Å². The number of nitrogens with zero attached hydrogens (tertiary/aromatic N) is 3. The van der Waals surface area contributed by atoms with Crippen LogP contribution in [-0.4, -0.2) is 39.7 Å². The van der Waals surface area contributed by atoms with E-state index < -0.39 is 17.2 Å². The number of nitrogens with one attached hydrogen (secondary N) is 1. The largest absolute Gasteiger partial charge is 0.488 e. The maximum Gasteiger partial charge on any atom is 0.354 e. The fraction of sp³-hybridized carbons (Fsp3) is 0.483. The molecule has 0 spiro atoms. The molecule has 0 bridgehead atoms. The van der Waals surface area contributed by atoms with Gasteiger partial charge in [-0.25, -0.2) is 18.5 Å². The Morgan fingerprint density at radius 2 is 2.08 bits per heavy atom. The Hall–Kier alpha value is -3.21. The second kappa shape index (κ2) is 15.5. The SMILES string of the molecule is C\C=C/C(=C\C=C(/C)Cl)Cn1c(Nc2ccc(OC(C)C)c(F)c2)nc(=O)n(CCCOC2CCCCO2)c1=O. The van der Waals surface area contributed by atoms with Gasteiger partial charge in [0.2, 0.25) is 5.95 Å². The van der Waals surface area contributed by atoms with E-state index in [0.29, 0.717) is 30.4 Å². The van der Waals surface area contributed by atoms with E-state index in [9.17, 15) is 14.0 Å². The van der Waals surface area contributed by atoms with Gasteiger partial charge >= 0.3 is 11.4 Å². The third-order valence-corrected chi connectivity index (χ3v) is 6.04. The summed E-state index contributed by atoms with van der Waals surface area (Å²) < 4.78 is 33.9. The van der Waals surface area contributed by atoms with Gasteiger partial charge in [0, 0.05) is 29.9 Å². The number of rotatable bonds is 13. The van der Waals surface area contributed by atoms with Crippen LogP contribution >= 0.6 is 11.6 Å². The summed E-state index contributed by atoms with van der Waals surface area (Å²) in [5, 5.41) is 3.50. The molecule has 1 aliphatic rings. The molecule has 0 radical (unpaired) electrons. The molecule has 9 nitrogen and oxygen atoms in total. The maximum atomic E-state index is 14.7. The van der Waals surface area contributed by atoms with E-state index >= 15 is 0 Å². The zero-order chi connectivity index (χ0) is 29.1. The van der Waals surface area contributed by atoms with Crippen molar-refractivity contribution in [2.45, 2.75) is 78.9 Å². The van der Waals surface area contributed by atoms with E-state index in [1.807, 2.05) is 19.1 Å². The molecule has 0 saturated carbocycles. The second-order valence-corrected chi connectivity index (χ2v) is 10.3. The van der Waals surface area contributed by atoms with E-state index in [-0.39, 0.29) is 37.2 Å². The van der Waals surface area contributed by atoms with Crippen molar-refractivity contribution >= 4 is 23.2 Å². The van der Waals surface area contributed by atoms with Crippen molar-refractivity contribution in [1.29, 1.82) is 0 Å². The lowest BCUT2D eigenvalue weighted by Gasteiger charge is -2.22. The van der Waals surface area contributed by atoms with Crippen LogP contribution in [0, 0.1) is 5.82 Å². The lowest BCUT2D eigenvalue weighted by molar-refractivity contribution is -0.163. The van der Waals surface area contributed by atoms with E-state index in [1.54, 1.807) is 39.0 Å². The highest BCUT2D eigenvalue weighted by Gasteiger charge is 2.17. The Morgan fingerprint density at radius 3 is 2.73 bits per heavy atom. The summed E-state index contributed by atoms with van der Waals surface area (Å²) in [4.78, 5) is 30.7. The smallest absolute Gasteiger partial charge is 0.354 e. The van der Waals surface area contributed by atoms with Crippen molar-refractivity contribution in [2.24, 2.45) is 0 Å². The lowest BCUT2D eigenvalue weighted by Crippen LogP contribution is -2.43. The summed E-state index contributed by atoms with van der Waals surface area (Å²) in [6, 6.07) is 4.30. The molecule has 1 unspecified atom stereocenters. The summed E-state index contributed by atoms with van der Waals surface area (Å²) in [6.45, 7) is 8.42. The van der Waals surface area contributed by atoms with Gasteiger partial charge in [0.05, 0.1) is 19.3 Å².